The Hall–Kier alpha value is -0.300. The van der Waals surface area contributed by atoms with Crippen molar-refractivity contribution in [3.63, 3.8) is 0 Å². The highest BCUT2D eigenvalue weighted by Gasteiger charge is 2.20. The second-order valence-corrected chi connectivity index (χ2v) is 9.75. The van der Waals surface area contributed by atoms with E-state index in [9.17, 15) is 0 Å². The summed E-state index contributed by atoms with van der Waals surface area (Å²) in [7, 11) is 2.16. The van der Waals surface area contributed by atoms with Crippen LogP contribution in [0.4, 0.5) is 0 Å². The zero-order valence-corrected chi connectivity index (χ0v) is 15.9. The molecule has 2 aromatic rings. The van der Waals surface area contributed by atoms with Crippen molar-refractivity contribution in [2.75, 3.05) is 12.1 Å². The summed E-state index contributed by atoms with van der Waals surface area (Å²) in [6.07, 6.45) is 6.67. The van der Waals surface area contributed by atoms with Crippen LogP contribution in [0.3, 0.4) is 0 Å². The van der Waals surface area contributed by atoms with E-state index in [1.54, 1.807) is 34.9 Å². The number of thiocarbonyl (C=S) groups is 1. The number of aromatic nitrogens is 1. The van der Waals surface area contributed by atoms with Crippen molar-refractivity contribution < 1.29 is 0 Å². The fourth-order valence-corrected chi connectivity index (χ4v) is 6.54. The molecule has 0 amide bonds. The number of hydrogen-bond acceptors (Lipinski definition) is 5. The molecule has 1 saturated carbocycles. The molecule has 1 aromatic heterocycles. The molecular weight excluding hydrogens is 348 g/mol. The van der Waals surface area contributed by atoms with E-state index in [0.717, 1.165) is 19.3 Å². The summed E-state index contributed by atoms with van der Waals surface area (Å²) >= 11 is 10.9. The van der Waals surface area contributed by atoms with Gasteiger partial charge in [-0.1, -0.05) is 67.1 Å². The van der Waals surface area contributed by atoms with Crippen molar-refractivity contribution in [3.8, 4) is 0 Å². The number of rotatable bonds is 4. The van der Waals surface area contributed by atoms with Gasteiger partial charge in [-0.15, -0.1) is 11.3 Å². The number of thioether (sulfide) groups is 2. The van der Waals surface area contributed by atoms with E-state index >= 15 is 0 Å². The fraction of sp³-hybridized carbons (Fsp3) is 0.500. The van der Waals surface area contributed by atoms with Gasteiger partial charge >= 0.3 is 0 Å². The number of hydrogen-bond donors (Lipinski definition) is 0. The van der Waals surface area contributed by atoms with Gasteiger partial charge in [0.1, 0.15) is 4.32 Å². The second kappa shape index (κ2) is 7.99. The fourth-order valence-electron chi connectivity index (χ4n) is 2.76. The van der Waals surface area contributed by atoms with Crippen LogP contribution in [0, 0.1) is 0 Å². The van der Waals surface area contributed by atoms with Crippen LogP contribution in [-0.4, -0.2) is 32.4 Å². The molecule has 0 saturated heterocycles. The molecule has 3 rings (SSSR count). The van der Waals surface area contributed by atoms with Gasteiger partial charge in [0, 0.05) is 13.1 Å². The quantitative estimate of drug-likeness (QED) is 0.394. The van der Waals surface area contributed by atoms with Crippen LogP contribution in [0.1, 0.15) is 32.1 Å². The Kier molecular flexibility index (Phi) is 6.02. The Labute approximate surface area is 150 Å². The van der Waals surface area contributed by atoms with Gasteiger partial charge in [-0.3, -0.25) is 0 Å². The highest BCUT2D eigenvalue weighted by atomic mass is 32.2. The third-order valence-corrected chi connectivity index (χ3v) is 7.94. The van der Waals surface area contributed by atoms with Crippen LogP contribution in [0.25, 0.3) is 10.2 Å². The van der Waals surface area contributed by atoms with Crippen LogP contribution in [0.2, 0.25) is 0 Å². The first-order valence-corrected chi connectivity index (χ1v) is 10.8. The van der Waals surface area contributed by atoms with Crippen LogP contribution < -0.4 is 0 Å². The third-order valence-electron chi connectivity index (χ3n) is 4.05. The lowest BCUT2D eigenvalue weighted by molar-refractivity contribution is 0.285. The maximum absolute atomic E-state index is 5.60. The lowest BCUT2D eigenvalue weighted by Crippen LogP contribution is -2.35. The van der Waals surface area contributed by atoms with E-state index < -0.39 is 0 Å². The standard InChI is InChI=1S/C16H20N2S4/c1-18(12-7-3-2-4-8-12)16(19)21-11-20-15-17-13-9-5-6-10-14(13)22-15/h5-6,9-10,12H,2-4,7-8,11H2,1H3. The molecule has 0 radical (unpaired) electrons. The molecule has 1 aliphatic rings. The van der Waals surface area contributed by atoms with E-state index in [2.05, 4.69) is 35.1 Å². The molecule has 2 nitrogen and oxygen atoms in total. The molecule has 1 aromatic carbocycles. The third kappa shape index (κ3) is 4.16. The molecular formula is C16H20N2S4. The summed E-state index contributed by atoms with van der Waals surface area (Å²) < 4.78 is 3.43. The average molecular weight is 369 g/mol. The molecule has 0 N–H and O–H groups in total. The molecule has 118 valence electrons. The summed E-state index contributed by atoms with van der Waals surface area (Å²) in [6, 6.07) is 8.97. The number of benzene rings is 1. The molecule has 0 bridgehead atoms. The first kappa shape index (κ1) is 16.6. The number of nitrogens with zero attached hydrogens (tertiary/aromatic N) is 2. The molecule has 1 aliphatic carbocycles. The molecule has 0 atom stereocenters. The highest BCUT2D eigenvalue weighted by Crippen LogP contribution is 2.32. The number of fused-ring (bicyclic) bond motifs is 1. The predicted molar refractivity (Wildman–Crippen MR) is 105 cm³/mol. The van der Waals surface area contributed by atoms with E-state index in [0.29, 0.717) is 6.04 Å². The summed E-state index contributed by atoms with van der Waals surface area (Å²) in [6.45, 7) is 0. The molecule has 1 heterocycles. The molecule has 0 unspecified atom stereocenters. The Morgan fingerprint density at radius 2 is 2.09 bits per heavy atom. The van der Waals surface area contributed by atoms with Crippen LogP contribution in [-0.2, 0) is 0 Å². The first-order chi connectivity index (χ1) is 10.7. The molecule has 6 heteroatoms. The van der Waals surface area contributed by atoms with E-state index in [-0.39, 0.29) is 0 Å². The Morgan fingerprint density at radius 3 is 2.86 bits per heavy atom. The molecule has 1 fully saturated rings. The Bertz CT molecular complexity index is 601. The highest BCUT2D eigenvalue weighted by molar-refractivity contribution is 8.29. The van der Waals surface area contributed by atoms with Crippen molar-refractivity contribution in [3.05, 3.63) is 24.3 Å². The van der Waals surface area contributed by atoms with Crippen molar-refractivity contribution >= 4 is 61.6 Å². The van der Waals surface area contributed by atoms with Crippen molar-refractivity contribution in [2.45, 2.75) is 42.5 Å². The predicted octanol–water partition coefficient (Wildman–Crippen LogP) is 5.63. The summed E-state index contributed by atoms with van der Waals surface area (Å²) in [4.78, 5) is 6.97. The van der Waals surface area contributed by atoms with E-state index in [1.807, 2.05) is 6.07 Å². The summed E-state index contributed by atoms with van der Waals surface area (Å²) in [5.41, 5.74) is 1.10. The average Bonchev–Trinajstić information content (AvgIpc) is 2.97. The van der Waals surface area contributed by atoms with Gasteiger partial charge in [-0.25, -0.2) is 4.98 Å². The minimum absolute atomic E-state index is 0.654. The minimum atomic E-state index is 0.654. The Morgan fingerprint density at radius 1 is 1.32 bits per heavy atom. The molecule has 22 heavy (non-hydrogen) atoms. The molecule has 0 aliphatic heterocycles. The first-order valence-electron chi connectivity index (χ1n) is 7.62. The summed E-state index contributed by atoms with van der Waals surface area (Å²) in [5, 5.41) is 0.940. The van der Waals surface area contributed by atoms with Gasteiger partial charge in [0.05, 0.1) is 15.3 Å². The van der Waals surface area contributed by atoms with Crippen LogP contribution in [0.15, 0.2) is 28.6 Å². The zero-order chi connectivity index (χ0) is 15.4. The van der Waals surface area contributed by atoms with Crippen molar-refractivity contribution in [1.29, 1.82) is 0 Å². The summed E-state index contributed by atoms with van der Waals surface area (Å²) in [5.74, 6) is 0. The van der Waals surface area contributed by atoms with Crippen LogP contribution >= 0.6 is 47.1 Å². The van der Waals surface area contributed by atoms with Crippen molar-refractivity contribution in [2.24, 2.45) is 0 Å². The largest absolute Gasteiger partial charge is 0.358 e. The van der Waals surface area contributed by atoms with Gasteiger partial charge in [0.25, 0.3) is 0 Å². The number of para-hydroxylation sites is 1. The van der Waals surface area contributed by atoms with Gasteiger partial charge in [-0.05, 0) is 25.0 Å². The van der Waals surface area contributed by atoms with E-state index in [1.165, 1.54) is 36.8 Å². The van der Waals surface area contributed by atoms with Crippen molar-refractivity contribution in [1.82, 2.24) is 9.88 Å². The van der Waals surface area contributed by atoms with Gasteiger partial charge in [0.15, 0.2) is 4.34 Å². The maximum Gasteiger partial charge on any atom is 0.151 e. The minimum Gasteiger partial charge on any atom is -0.358 e. The number of thiazole rings is 1. The molecule has 0 spiro atoms. The smallest absolute Gasteiger partial charge is 0.151 e. The van der Waals surface area contributed by atoms with Gasteiger partial charge < -0.3 is 4.90 Å². The second-order valence-electron chi connectivity index (χ2n) is 5.52. The van der Waals surface area contributed by atoms with Crippen LogP contribution in [0.5, 0.6) is 0 Å². The lowest BCUT2D eigenvalue weighted by Gasteiger charge is -2.32. The Balaban J connectivity index is 1.48. The van der Waals surface area contributed by atoms with Gasteiger partial charge in [0.2, 0.25) is 0 Å². The van der Waals surface area contributed by atoms with Gasteiger partial charge in [-0.2, -0.15) is 0 Å². The topological polar surface area (TPSA) is 16.1 Å². The van der Waals surface area contributed by atoms with E-state index in [4.69, 9.17) is 12.2 Å². The normalized spacial score (nSPS) is 16.0. The monoisotopic (exact) mass is 368 g/mol. The lowest BCUT2D eigenvalue weighted by atomic mass is 9.95. The maximum atomic E-state index is 5.60. The zero-order valence-electron chi connectivity index (χ0n) is 12.7. The SMILES string of the molecule is CN(C(=S)SCSc1nc2ccccc2s1)C1CCCCC1.